The number of hydrogen-bond acceptors (Lipinski definition) is 2. The second kappa shape index (κ2) is 3.17. The SMILES string of the molecule is CC(C)(C)c1ccc[c]c1[N+](=O)[O-]. The Morgan fingerprint density at radius 2 is 2.08 bits per heavy atom. The van der Waals surface area contributed by atoms with Crippen molar-refractivity contribution in [2.75, 3.05) is 0 Å². The molecule has 13 heavy (non-hydrogen) atoms. The van der Waals surface area contributed by atoms with Gasteiger partial charge in [-0.25, -0.2) is 0 Å². The minimum absolute atomic E-state index is 0.0787. The fourth-order valence-corrected chi connectivity index (χ4v) is 1.18. The number of rotatable bonds is 1. The molecule has 0 aliphatic rings. The highest BCUT2D eigenvalue weighted by Gasteiger charge is 2.23. The Balaban J connectivity index is 3.28. The van der Waals surface area contributed by atoms with Crippen LogP contribution < -0.4 is 0 Å². The Morgan fingerprint density at radius 3 is 2.46 bits per heavy atom. The summed E-state index contributed by atoms with van der Waals surface area (Å²) in [5.74, 6) is 0. The van der Waals surface area contributed by atoms with Crippen molar-refractivity contribution in [2.24, 2.45) is 0 Å². The standard InChI is InChI=1S/C10H12NO2/c1-10(2,3)8-6-4-5-7-9(8)11(12)13/h4-6H,1-3H3. The van der Waals surface area contributed by atoms with E-state index in [4.69, 9.17) is 0 Å². The van der Waals surface area contributed by atoms with Gasteiger partial charge in [-0.1, -0.05) is 32.9 Å². The third-order valence-corrected chi connectivity index (χ3v) is 1.82. The molecule has 69 valence electrons. The maximum Gasteiger partial charge on any atom is 0.281 e. The lowest BCUT2D eigenvalue weighted by Gasteiger charge is -2.17. The Hall–Kier alpha value is -1.38. The van der Waals surface area contributed by atoms with Crippen LogP contribution in [-0.4, -0.2) is 4.92 Å². The number of nitro groups is 1. The first-order valence-corrected chi connectivity index (χ1v) is 4.08. The average molecular weight is 178 g/mol. The lowest BCUT2D eigenvalue weighted by atomic mass is 9.86. The van der Waals surface area contributed by atoms with Crippen molar-refractivity contribution in [3.8, 4) is 0 Å². The van der Waals surface area contributed by atoms with Crippen molar-refractivity contribution in [2.45, 2.75) is 26.2 Å². The van der Waals surface area contributed by atoms with Gasteiger partial charge in [0, 0.05) is 5.56 Å². The van der Waals surface area contributed by atoms with Crippen LogP contribution in [0.2, 0.25) is 0 Å². The maximum atomic E-state index is 10.6. The molecule has 1 radical (unpaired) electrons. The molecule has 0 saturated heterocycles. The number of hydrogen-bond donors (Lipinski definition) is 0. The quantitative estimate of drug-likeness (QED) is 0.490. The van der Waals surface area contributed by atoms with Crippen LogP contribution in [0.25, 0.3) is 0 Å². The summed E-state index contributed by atoms with van der Waals surface area (Å²) in [5, 5.41) is 10.6. The molecule has 1 rings (SSSR count). The maximum absolute atomic E-state index is 10.6. The molecule has 1 aromatic rings. The first kappa shape index (κ1) is 9.71. The first-order valence-electron chi connectivity index (χ1n) is 4.08. The molecule has 0 atom stereocenters. The van der Waals surface area contributed by atoms with E-state index < -0.39 is 0 Å². The Labute approximate surface area is 77.5 Å². The number of para-hydroxylation sites is 1. The van der Waals surface area contributed by atoms with Gasteiger partial charge in [-0.05, 0) is 11.5 Å². The molecule has 3 nitrogen and oxygen atoms in total. The lowest BCUT2D eigenvalue weighted by Crippen LogP contribution is -2.13. The van der Waals surface area contributed by atoms with Gasteiger partial charge in [-0.3, -0.25) is 10.1 Å². The van der Waals surface area contributed by atoms with Gasteiger partial charge < -0.3 is 0 Å². The van der Waals surface area contributed by atoms with Crippen LogP contribution in [0.15, 0.2) is 18.2 Å². The summed E-state index contributed by atoms with van der Waals surface area (Å²) in [7, 11) is 0. The summed E-state index contributed by atoms with van der Waals surface area (Å²) in [6, 6.07) is 7.75. The van der Waals surface area contributed by atoms with Crippen LogP contribution in [0.4, 0.5) is 5.69 Å². The highest BCUT2D eigenvalue weighted by Crippen LogP contribution is 2.29. The molecule has 0 aromatic heterocycles. The zero-order chi connectivity index (χ0) is 10.1. The van der Waals surface area contributed by atoms with Crippen LogP contribution in [0.1, 0.15) is 26.3 Å². The third-order valence-electron chi connectivity index (χ3n) is 1.82. The van der Waals surface area contributed by atoms with Crippen LogP contribution in [0.5, 0.6) is 0 Å². The fraction of sp³-hybridized carbons (Fsp3) is 0.400. The van der Waals surface area contributed by atoms with Crippen LogP contribution in [0.3, 0.4) is 0 Å². The molecule has 1 aromatic carbocycles. The van der Waals surface area contributed by atoms with Gasteiger partial charge in [0.2, 0.25) is 0 Å². The minimum Gasteiger partial charge on any atom is -0.258 e. The molecule has 0 saturated carbocycles. The molecule has 0 aliphatic heterocycles. The van der Waals surface area contributed by atoms with Crippen molar-refractivity contribution in [1.29, 1.82) is 0 Å². The van der Waals surface area contributed by atoms with Gasteiger partial charge >= 0.3 is 0 Å². The monoisotopic (exact) mass is 178 g/mol. The third kappa shape index (κ3) is 2.05. The summed E-state index contributed by atoms with van der Waals surface area (Å²) in [6.45, 7) is 5.84. The Bertz CT molecular complexity index is 326. The molecule has 0 fully saturated rings. The Morgan fingerprint density at radius 1 is 1.46 bits per heavy atom. The predicted molar refractivity (Wildman–Crippen MR) is 50.6 cm³/mol. The summed E-state index contributed by atoms with van der Waals surface area (Å²) in [6.07, 6.45) is 0. The van der Waals surface area contributed by atoms with E-state index in [9.17, 15) is 10.1 Å². The van der Waals surface area contributed by atoms with Crippen LogP contribution in [-0.2, 0) is 5.41 Å². The van der Waals surface area contributed by atoms with E-state index in [2.05, 4.69) is 6.07 Å². The molecule has 0 unspecified atom stereocenters. The van der Waals surface area contributed by atoms with Crippen molar-refractivity contribution in [3.63, 3.8) is 0 Å². The topological polar surface area (TPSA) is 43.1 Å². The van der Waals surface area contributed by atoms with Crippen molar-refractivity contribution in [1.82, 2.24) is 0 Å². The second-order valence-corrected chi connectivity index (χ2v) is 3.94. The van der Waals surface area contributed by atoms with Gasteiger partial charge in [-0.2, -0.15) is 0 Å². The van der Waals surface area contributed by atoms with Crippen molar-refractivity contribution in [3.05, 3.63) is 39.9 Å². The summed E-state index contributed by atoms with van der Waals surface area (Å²) in [5.41, 5.74) is 0.593. The van der Waals surface area contributed by atoms with Crippen molar-refractivity contribution < 1.29 is 4.92 Å². The number of benzene rings is 1. The summed E-state index contributed by atoms with van der Waals surface area (Å²) < 4.78 is 0. The van der Waals surface area contributed by atoms with E-state index >= 15 is 0 Å². The van der Waals surface area contributed by atoms with Crippen LogP contribution in [0, 0.1) is 16.2 Å². The van der Waals surface area contributed by atoms with E-state index in [1.807, 2.05) is 20.8 Å². The van der Waals surface area contributed by atoms with Gasteiger partial charge in [0.1, 0.15) is 0 Å². The Kier molecular flexibility index (Phi) is 2.36. The van der Waals surface area contributed by atoms with Crippen LogP contribution >= 0.6 is 0 Å². The molecular formula is C10H12NO2. The molecular weight excluding hydrogens is 166 g/mol. The zero-order valence-corrected chi connectivity index (χ0v) is 8.00. The molecule has 0 amide bonds. The molecule has 0 aliphatic carbocycles. The highest BCUT2D eigenvalue weighted by atomic mass is 16.6. The molecule has 0 heterocycles. The summed E-state index contributed by atoms with van der Waals surface area (Å²) in [4.78, 5) is 10.3. The van der Waals surface area contributed by atoms with Gasteiger partial charge in [0.15, 0.2) is 0 Å². The van der Waals surface area contributed by atoms with E-state index in [1.165, 1.54) is 0 Å². The average Bonchev–Trinajstić information content (AvgIpc) is 2.03. The number of nitrogens with zero attached hydrogens (tertiary/aromatic N) is 1. The van der Waals surface area contributed by atoms with Gasteiger partial charge in [0.25, 0.3) is 5.69 Å². The largest absolute Gasteiger partial charge is 0.281 e. The normalized spacial score (nSPS) is 11.3. The summed E-state index contributed by atoms with van der Waals surface area (Å²) >= 11 is 0. The molecule has 0 spiro atoms. The second-order valence-electron chi connectivity index (χ2n) is 3.94. The predicted octanol–water partition coefficient (Wildman–Crippen LogP) is 2.69. The minimum atomic E-state index is -0.388. The molecule has 0 bridgehead atoms. The fourth-order valence-electron chi connectivity index (χ4n) is 1.18. The van der Waals surface area contributed by atoms with E-state index in [1.54, 1.807) is 18.2 Å². The molecule has 0 N–H and O–H groups in total. The van der Waals surface area contributed by atoms with E-state index in [-0.39, 0.29) is 16.0 Å². The van der Waals surface area contributed by atoms with Gasteiger partial charge in [-0.15, -0.1) is 0 Å². The lowest BCUT2D eigenvalue weighted by molar-refractivity contribution is -0.386. The zero-order valence-electron chi connectivity index (χ0n) is 8.00. The first-order chi connectivity index (χ1) is 5.93. The smallest absolute Gasteiger partial charge is 0.258 e. The van der Waals surface area contributed by atoms with E-state index in [0.717, 1.165) is 5.56 Å². The van der Waals surface area contributed by atoms with Crippen molar-refractivity contribution >= 4 is 5.69 Å². The van der Waals surface area contributed by atoms with E-state index in [0.29, 0.717) is 0 Å². The highest BCUT2D eigenvalue weighted by molar-refractivity contribution is 5.42. The molecule has 3 heteroatoms. The van der Waals surface area contributed by atoms with Gasteiger partial charge in [0.05, 0.1) is 11.0 Å². The number of nitro benzene ring substituents is 1.